The maximum atomic E-state index is 12.4. The average Bonchev–Trinajstić information content (AvgIpc) is 2.65. The quantitative estimate of drug-likeness (QED) is 0.538. The third kappa shape index (κ3) is 3.58. The summed E-state index contributed by atoms with van der Waals surface area (Å²) in [4.78, 5) is 12.4. The topological polar surface area (TPSA) is 39.4 Å². The summed E-state index contributed by atoms with van der Waals surface area (Å²) >= 11 is 0. The lowest BCUT2D eigenvalue weighted by Crippen LogP contribution is -2.16. The number of aryl methyl sites for hydroxylation is 2. The van der Waals surface area contributed by atoms with Gasteiger partial charge in [-0.15, -0.1) is 0 Å². The predicted octanol–water partition coefficient (Wildman–Crippen LogP) is 5.86. The lowest BCUT2D eigenvalue weighted by Gasteiger charge is -2.20. The van der Waals surface area contributed by atoms with E-state index in [2.05, 4.69) is 51.1 Å². The highest BCUT2D eigenvalue weighted by molar-refractivity contribution is 5.88. The standard InChI is InChI=1S/C25H28O3/c1-16-13-21(27-15-17-9-11-18(12-10-17)25(2,3)4)23-19-7-5-6-8-20(19)24(26)28-22(23)14-16/h9-14H,5-8,15H2,1-4H3. The molecule has 0 spiro atoms. The Morgan fingerprint density at radius 3 is 2.36 bits per heavy atom. The monoisotopic (exact) mass is 376 g/mol. The van der Waals surface area contributed by atoms with E-state index >= 15 is 0 Å². The second kappa shape index (κ2) is 7.12. The van der Waals surface area contributed by atoms with Gasteiger partial charge in [0.15, 0.2) is 0 Å². The molecule has 0 saturated carbocycles. The minimum Gasteiger partial charge on any atom is -0.488 e. The van der Waals surface area contributed by atoms with Crippen molar-refractivity contribution >= 4 is 11.0 Å². The highest BCUT2D eigenvalue weighted by Gasteiger charge is 2.21. The fourth-order valence-electron chi connectivity index (χ4n) is 4.04. The molecule has 0 unspecified atom stereocenters. The Morgan fingerprint density at radius 2 is 1.68 bits per heavy atom. The summed E-state index contributed by atoms with van der Waals surface area (Å²) in [5.41, 5.74) is 6.03. The van der Waals surface area contributed by atoms with Crippen LogP contribution in [-0.4, -0.2) is 0 Å². The first-order chi connectivity index (χ1) is 13.3. The van der Waals surface area contributed by atoms with Crippen LogP contribution in [0, 0.1) is 6.92 Å². The Balaban J connectivity index is 1.70. The van der Waals surface area contributed by atoms with Crippen LogP contribution in [0.5, 0.6) is 5.75 Å². The van der Waals surface area contributed by atoms with Crippen molar-refractivity contribution in [1.82, 2.24) is 0 Å². The molecule has 1 aromatic heterocycles. The second-order valence-corrected chi connectivity index (χ2v) is 8.93. The SMILES string of the molecule is Cc1cc(OCc2ccc(C(C)(C)C)cc2)c2c3c(c(=O)oc2c1)CCCC3. The Bertz CT molecular complexity index is 1070. The van der Waals surface area contributed by atoms with E-state index in [1.807, 2.05) is 13.0 Å². The maximum absolute atomic E-state index is 12.4. The van der Waals surface area contributed by atoms with E-state index < -0.39 is 0 Å². The van der Waals surface area contributed by atoms with Crippen LogP contribution in [0.3, 0.4) is 0 Å². The van der Waals surface area contributed by atoms with Gasteiger partial charge < -0.3 is 9.15 Å². The van der Waals surface area contributed by atoms with Gasteiger partial charge in [0, 0.05) is 5.56 Å². The van der Waals surface area contributed by atoms with E-state index in [0.29, 0.717) is 12.2 Å². The molecule has 0 N–H and O–H groups in total. The van der Waals surface area contributed by atoms with Gasteiger partial charge in [-0.05, 0) is 72.4 Å². The van der Waals surface area contributed by atoms with Gasteiger partial charge in [0.25, 0.3) is 0 Å². The molecule has 3 nitrogen and oxygen atoms in total. The highest BCUT2D eigenvalue weighted by Crippen LogP contribution is 2.35. The van der Waals surface area contributed by atoms with Crippen LogP contribution in [0.4, 0.5) is 0 Å². The zero-order valence-corrected chi connectivity index (χ0v) is 17.2. The molecule has 0 amide bonds. The molecule has 1 aliphatic rings. The van der Waals surface area contributed by atoms with Gasteiger partial charge in [-0.1, -0.05) is 45.0 Å². The van der Waals surface area contributed by atoms with Crippen LogP contribution in [0.15, 0.2) is 45.6 Å². The number of hydrogen-bond acceptors (Lipinski definition) is 3. The van der Waals surface area contributed by atoms with Crippen molar-refractivity contribution in [2.24, 2.45) is 0 Å². The minimum atomic E-state index is -0.184. The van der Waals surface area contributed by atoms with Crippen LogP contribution in [0.1, 0.15) is 61.4 Å². The first kappa shape index (κ1) is 18.8. The van der Waals surface area contributed by atoms with Crippen molar-refractivity contribution in [3.8, 4) is 5.75 Å². The van der Waals surface area contributed by atoms with Crippen LogP contribution in [0.25, 0.3) is 11.0 Å². The maximum Gasteiger partial charge on any atom is 0.339 e. The number of benzene rings is 2. The van der Waals surface area contributed by atoms with E-state index in [1.165, 1.54) is 5.56 Å². The summed E-state index contributed by atoms with van der Waals surface area (Å²) in [5, 5.41) is 0.978. The molecule has 0 fully saturated rings. The van der Waals surface area contributed by atoms with Gasteiger partial charge in [0.2, 0.25) is 0 Å². The molecule has 1 heterocycles. The molecule has 4 rings (SSSR count). The van der Waals surface area contributed by atoms with E-state index in [1.54, 1.807) is 0 Å². The van der Waals surface area contributed by atoms with Gasteiger partial charge in [-0.3, -0.25) is 0 Å². The second-order valence-electron chi connectivity index (χ2n) is 8.93. The zero-order valence-electron chi connectivity index (χ0n) is 17.2. The Labute approximate surface area is 166 Å². The zero-order chi connectivity index (χ0) is 19.9. The van der Waals surface area contributed by atoms with E-state index in [-0.39, 0.29) is 11.0 Å². The van der Waals surface area contributed by atoms with Crippen LogP contribution in [0.2, 0.25) is 0 Å². The molecule has 2 aromatic carbocycles. The summed E-state index contributed by atoms with van der Waals surface area (Å²) < 4.78 is 11.9. The minimum absolute atomic E-state index is 0.142. The molecular formula is C25H28O3. The number of rotatable bonds is 3. The van der Waals surface area contributed by atoms with Crippen LogP contribution >= 0.6 is 0 Å². The normalized spacial score (nSPS) is 14.1. The molecule has 0 saturated heterocycles. The third-order valence-corrected chi connectivity index (χ3v) is 5.64. The molecule has 0 aliphatic heterocycles. The lowest BCUT2D eigenvalue weighted by atomic mass is 9.87. The highest BCUT2D eigenvalue weighted by atomic mass is 16.5. The molecule has 28 heavy (non-hydrogen) atoms. The number of hydrogen-bond donors (Lipinski definition) is 0. The van der Waals surface area contributed by atoms with Crippen molar-refractivity contribution in [2.45, 2.75) is 65.4 Å². The molecule has 0 atom stereocenters. The van der Waals surface area contributed by atoms with E-state index in [4.69, 9.17) is 9.15 Å². The van der Waals surface area contributed by atoms with Crippen molar-refractivity contribution in [3.05, 3.63) is 74.6 Å². The molecule has 0 radical (unpaired) electrons. The van der Waals surface area contributed by atoms with Crippen LogP contribution in [-0.2, 0) is 24.9 Å². The van der Waals surface area contributed by atoms with Gasteiger partial charge in [-0.2, -0.15) is 0 Å². The largest absolute Gasteiger partial charge is 0.488 e. The van der Waals surface area contributed by atoms with Gasteiger partial charge >= 0.3 is 5.63 Å². The Morgan fingerprint density at radius 1 is 1.00 bits per heavy atom. The smallest absolute Gasteiger partial charge is 0.339 e. The molecular weight excluding hydrogens is 348 g/mol. The van der Waals surface area contributed by atoms with Crippen molar-refractivity contribution in [2.75, 3.05) is 0 Å². The Kier molecular flexibility index (Phi) is 4.78. The molecule has 0 bridgehead atoms. The summed E-state index contributed by atoms with van der Waals surface area (Å²) in [6.07, 6.45) is 3.87. The third-order valence-electron chi connectivity index (χ3n) is 5.64. The number of ether oxygens (including phenoxy) is 1. The Hall–Kier alpha value is -2.55. The van der Waals surface area contributed by atoms with E-state index in [0.717, 1.165) is 59.1 Å². The van der Waals surface area contributed by atoms with Gasteiger partial charge in [-0.25, -0.2) is 4.79 Å². The molecule has 3 heteroatoms. The van der Waals surface area contributed by atoms with Crippen LogP contribution < -0.4 is 10.4 Å². The predicted molar refractivity (Wildman–Crippen MR) is 113 cm³/mol. The summed E-state index contributed by atoms with van der Waals surface area (Å²) in [6.45, 7) is 9.15. The fourth-order valence-corrected chi connectivity index (χ4v) is 4.04. The number of fused-ring (bicyclic) bond motifs is 3. The first-order valence-corrected chi connectivity index (χ1v) is 10.1. The van der Waals surface area contributed by atoms with Gasteiger partial charge in [0.05, 0.1) is 5.39 Å². The average molecular weight is 376 g/mol. The molecule has 146 valence electrons. The van der Waals surface area contributed by atoms with E-state index in [9.17, 15) is 4.79 Å². The first-order valence-electron chi connectivity index (χ1n) is 10.1. The van der Waals surface area contributed by atoms with Gasteiger partial charge in [0.1, 0.15) is 17.9 Å². The molecule has 1 aliphatic carbocycles. The fraction of sp³-hybridized carbons (Fsp3) is 0.400. The molecule has 3 aromatic rings. The van der Waals surface area contributed by atoms with Crippen molar-refractivity contribution in [1.29, 1.82) is 0 Å². The summed E-state index contributed by atoms with van der Waals surface area (Å²) in [6, 6.07) is 12.6. The summed E-state index contributed by atoms with van der Waals surface area (Å²) in [5.74, 6) is 0.816. The lowest BCUT2D eigenvalue weighted by molar-refractivity contribution is 0.309. The summed E-state index contributed by atoms with van der Waals surface area (Å²) in [7, 11) is 0. The van der Waals surface area contributed by atoms with Crippen molar-refractivity contribution < 1.29 is 9.15 Å². The van der Waals surface area contributed by atoms with Crippen molar-refractivity contribution in [3.63, 3.8) is 0 Å².